The molecule has 0 spiro atoms. The van der Waals surface area contributed by atoms with E-state index in [-0.39, 0.29) is 5.91 Å². The van der Waals surface area contributed by atoms with Crippen molar-refractivity contribution < 1.29 is 9.21 Å². The van der Waals surface area contributed by atoms with Crippen molar-refractivity contribution in [1.29, 1.82) is 0 Å². The zero-order valence-electron chi connectivity index (χ0n) is 12.0. The second kappa shape index (κ2) is 6.21. The summed E-state index contributed by atoms with van der Waals surface area (Å²) in [5.41, 5.74) is 1.03. The molecule has 5 nitrogen and oxygen atoms in total. The number of carbonyl (C=O) groups excluding carboxylic acids is 1. The van der Waals surface area contributed by atoms with E-state index >= 15 is 0 Å². The minimum absolute atomic E-state index is 0.167. The molecule has 2 heterocycles. The Labute approximate surface area is 114 Å². The van der Waals surface area contributed by atoms with Gasteiger partial charge in [-0.25, -0.2) is 0 Å². The van der Waals surface area contributed by atoms with Crippen LogP contribution in [0.3, 0.4) is 0 Å². The van der Waals surface area contributed by atoms with Gasteiger partial charge in [0.2, 0.25) is 5.91 Å². The molecule has 19 heavy (non-hydrogen) atoms. The molecular weight excluding hydrogens is 242 g/mol. The standard InChI is InChI=1S/C14H23N3O2/c1-15(2)13-4-6-17(9-13)10-14(18)16(3)8-12-5-7-19-11-12/h5,7,11,13H,4,6,8-10H2,1-3H3. The Morgan fingerprint density at radius 2 is 2.26 bits per heavy atom. The maximum atomic E-state index is 12.1. The van der Waals surface area contributed by atoms with E-state index in [0.717, 1.165) is 25.1 Å². The van der Waals surface area contributed by atoms with E-state index in [2.05, 4.69) is 23.9 Å². The first-order chi connectivity index (χ1) is 9.06. The highest BCUT2D eigenvalue weighted by Crippen LogP contribution is 2.13. The summed E-state index contributed by atoms with van der Waals surface area (Å²) in [6.07, 6.45) is 4.46. The van der Waals surface area contributed by atoms with Gasteiger partial charge in [-0.2, -0.15) is 0 Å². The van der Waals surface area contributed by atoms with E-state index in [0.29, 0.717) is 19.1 Å². The predicted octanol–water partition coefficient (Wildman–Crippen LogP) is 0.874. The largest absolute Gasteiger partial charge is 0.472 e. The normalized spacial score (nSPS) is 20.1. The zero-order chi connectivity index (χ0) is 13.8. The molecule has 106 valence electrons. The molecule has 2 rings (SSSR count). The molecule has 0 radical (unpaired) electrons. The van der Waals surface area contributed by atoms with Crippen LogP contribution in [-0.4, -0.2) is 67.4 Å². The fourth-order valence-corrected chi connectivity index (χ4v) is 2.43. The molecular formula is C14H23N3O2. The molecule has 1 aliphatic rings. The molecule has 1 unspecified atom stereocenters. The number of likely N-dealkylation sites (tertiary alicyclic amines) is 1. The molecule has 0 aliphatic carbocycles. The molecule has 0 bridgehead atoms. The zero-order valence-corrected chi connectivity index (χ0v) is 12.0. The van der Waals surface area contributed by atoms with Crippen molar-refractivity contribution in [2.24, 2.45) is 0 Å². The first kappa shape index (κ1) is 14.1. The van der Waals surface area contributed by atoms with Crippen LogP contribution in [0, 0.1) is 0 Å². The second-order valence-electron chi connectivity index (χ2n) is 5.52. The summed E-state index contributed by atoms with van der Waals surface area (Å²) in [7, 11) is 6.04. The highest BCUT2D eigenvalue weighted by atomic mass is 16.3. The van der Waals surface area contributed by atoms with Gasteiger partial charge in [0.25, 0.3) is 0 Å². The predicted molar refractivity (Wildman–Crippen MR) is 73.7 cm³/mol. The summed E-state index contributed by atoms with van der Waals surface area (Å²) in [6, 6.07) is 2.47. The van der Waals surface area contributed by atoms with E-state index in [9.17, 15) is 4.79 Å². The number of hydrogen-bond acceptors (Lipinski definition) is 4. The third-order valence-electron chi connectivity index (χ3n) is 3.76. The number of furan rings is 1. The van der Waals surface area contributed by atoms with Gasteiger partial charge in [-0.05, 0) is 26.6 Å². The Hall–Kier alpha value is -1.33. The lowest BCUT2D eigenvalue weighted by molar-refractivity contribution is -0.131. The molecule has 1 saturated heterocycles. The van der Waals surface area contributed by atoms with Crippen molar-refractivity contribution in [3.8, 4) is 0 Å². The Bertz CT molecular complexity index is 403. The van der Waals surface area contributed by atoms with Gasteiger partial charge >= 0.3 is 0 Å². The smallest absolute Gasteiger partial charge is 0.236 e. The molecule has 1 aromatic rings. The van der Waals surface area contributed by atoms with Gasteiger partial charge in [0.1, 0.15) is 0 Å². The molecule has 0 aromatic carbocycles. The van der Waals surface area contributed by atoms with Gasteiger partial charge in [-0.1, -0.05) is 0 Å². The fourth-order valence-electron chi connectivity index (χ4n) is 2.43. The van der Waals surface area contributed by atoms with Gasteiger partial charge in [0.05, 0.1) is 19.1 Å². The van der Waals surface area contributed by atoms with Crippen LogP contribution in [0.2, 0.25) is 0 Å². The molecule has 1 atom stereocenters. The molecule has 1 aromatic heterocycles. The minimum Gasteiger partial charge on any atom is -0.472 e. The summed E-state index contributed by atoms with van der Waals surface area (Å²) >= 11 is 0. The van der Waals surface area contributed by atoms with Crippen LogP contribution < -0.4 is 0 Å². The Balaban J connectivity index is 1.78. The van der Waals surface area contributed by atoms with Crippen LogP contribution >= 0.6 is 0 Å². The monoisotopic (exact) mass is 265 g/mol. The summed E-state index contributed by atoms with van der Waals surface area (Å²) in [6.45, 7) is 3.12. The summed E-state index contributed by atoms with van der Waals surface area (Å²) in [4.78, 5) is 18.4. The van der Waals surface area contributed by atoms with Gasteiger partial charge in [0, 0.05) is 38.3 Å². The quantitative estimate of drug-likeness (QED) is 0.792. The maximum Gasteiger partial charge on any atom is 0.236 e. The minimum atomic E-state index is 0.167. The topological polar surface area (TPSA) is 39.9 Å². The third-order valence-corrected chi connectivity index (χ3v) is 3.76. The first-order valence-electron chi connectivity index (χ1n) is 6.70. The van der Waals surface area contributed by atoms with Crippen molar-refractivity contribution in [2.75, 3.05) is 40.8 Å². The van der Waals surface area contributed by atoms with E-state index in [1.807, 2.05) is 13.1 Å². The number of amides is 1. The lowest BCUT2D eigenvalue weighted by Gasteiger charge is -2.22. The van der Waals surface area contributed by atoms with Crippen LogP contribution in [-0.2, 0) is 11.3 Å². The molecule has 1 amide bonds. The number of rotatable bonds is 5. The average Bonchev–Trinajstić information content (AvgIpc) is 2.99. The highest BCUT2D eigenvalue weighted by molar-refractivity contribution is 5.78. The maximum absolute atomic E-state index is 12.1. The fraction of sp³-hybridized carbons (Fsp3) is 0.643. The average molecular weight is 265 g/mol. The number of likely N-dealkylation sites (N-methyl/N-ethyl adjacent to an activating group) is 2. The van der Waals surface area contributed by atoms with Crippen molar-refractivity contribution in [3.63, 3.8) is 0 Å². The van der Waals surface area contributed by atoms with Crippen molar-refractivity contribution in [3.05, 3.63) is 24.2 Å². The van der Waals surface area contributed by atoms with Crippen molar-refractivity contribution in [2.45, 2.75) is 19.0 Å². The Kier molecular flexibility index (Phi) is 4.61. The number of hydrogen-bond donors (Lipinski definition) is 0. The summed E-state index contributed by atoms with van der Waals surface area (Å²) in [5, 5.41) is 0. The molecule has 1 aliphatic heterocycles. The molecule has 0 N–H and O–H groups in total. The van der Waals surface area contributed by atoms with Gasteiger partial charge in [-0.3, -0.25) is 9.69 Å². The van der Waals surface area contributed by atoms with Gasteiger partial charge in [-0.15, -0.1) is 0 Å². The van der Waals surface area contributed by atoms with Crippen molar-refractivity contribution in [1.82, 2.24) is 14.7 Å². The van der Waals surface area contributed by atoms with Crippen LogP contribution in [0.15, 0.2) is 23.0 Å². The van der Waals surface area contributed by atoms with Gasteiger partial charge < -0.3 is 14.2 Å². The summed E-state index contributed by atoms with van der Waals surface area (Å²) < 4.78 is 5.02. The number of nitrogens with zero attached hydrogens (tertiary/aromatic N) is 3. The van der Waals surface area contributed by atoms with E-state index < -0.39 is 0 Å². The second-order valence-corrected chi connectivity index (χ2v) is 5.52. The van der Waals surface area contributed by atoms with E-state index in [1.54, 1.807) is 17.4 Å². The van der Waals surface area contributed by atoms with Crippen molar-refractivity contribution >= 4 is 5.91 Å². The van der Waals surface area contributed by atoms with E-state index in [4.69, 9.17) is 4.42 Å². The molecule has 1 fully saturated rings. The van der Waals surface area contributed by atoms with Crippen LogP contribution in [0.4, 0.5) is 0 Å². The SMILES string of the molecule is CN(Cc1ccoc1)C(=O)CN1CCC(N(C)C)C1. The van der Waals surface area contributed by atoms with Crippen LogP contribution in [0.25, 0.3) is 0 Å². The lowest BCUT2D eigenvalue weighted by Crippen LogP contribution is -2.38. The van der Waals surface area contributed by atoms with Gasteiger partial charge in [0.15, 0.2) is 0 Å². The Morgan fingerprint density at radius 3 is 2.84 bits per heavy atom. The van der Waals surface area contributed by atoms with Crippen LogP contribution in [0.5, 0.6) is 0 Å². The molecule has 5 heteroatoms. The van der Waals surface area contributed by atoms with E-state index in [1.165, 1.54) is 0 Å². The summed E-state index contributed by atoms with van der Waals surface area (Å²) in [5.74, 6) is 0.167. The third kappa shape index (κ3) is 3.81. The number of carbonyl (C=O) groups is 1. The van der Waals surface area contributed by atoms with Crippen LogP contribution in [0.1, 0.15) is 12.0 Å². The first-order valence-corrected chi connectivity index (χ1v) is 6.70. The Morgan fingerprint density at radius 1 is 1.47 bits per heavy atom. The molecule has 0 saturated carbocycles. The lowest BCUT2D eigenvalue weighted by atomic mass is 10.2. The highest BCUT2D eigenvalue weighted by Gasteiger charge is 2.26.